The van der Waals surface area contributed by atoms with Crippen molar-refractivity contribution in [3.63, 3.8) is 0 Å². The molecule has 0 bridgehead atoms. The van der Waals surface area contributed by atoms with Gasteiger partial charge >= 0.3 is 0 Å². The SMILES string of the molecule is CC=O.O=S(O)O. The van der Waals surface area contributed by atoms with Gasteiger partial charge in [-0.05, 0) is 6.92 Å². The molecule has 0 aliphatic rings. The first-order valence-electron chi connectivity index (χ1n) is 1.34. The third-order valence-corrected chi connectivity index (χ3v) is 0. The molecule has 0 aromatic rings. The lowest BCUT2D eigenvalue weighted by Crippen LogP contribution is -1.74. The first-order chi connectivity index (χ1) is 3.15. The van der Waals surface area contributed by atoms with E-state index in [1.165, 1.54) is 6.92 Å². The average molecular weight is 126 g/mol. The highest BCUT2D eigenvalue weighted by Gasteiger charge is 1.62. The molecule has 7 heavy (non-hydrogen) atoms. The smallest absolute Gasteiger partial charge is 0.299 e. The van der Waals surface area contributed by atoms with Gasteiger partial charge in [-0.2, -0.15) is 4.21 Å². The van der Waals surface area contributed by atoms with Gasteiger partial charge in [-0.3, -0.25) is 9.11 Å². The Morgan fingerprint density at radius 1 is 1.57 bits per heavy atom. The predicted molar refractivity (Wildman–Crippen MR) is 25.1 cm³/mol. The molecule has 0 saturated heterocycles. The molecule has 0 saturated carbocycles. The molecule has 2 N–H and O–H groups in total. The number of carbonyl (C=O) groups is 1. The van der Waals surface area contributed by atoms with E-state index < -0.39 is 11.4 Å². The number of hydrogen-bond acceptors (Lipinski definition) is 2. The molecule has 0 rings (SSSR count). The summed E-state index contributed by atoms with van der Waals surface area (Å²) in [5, 5.41) is 0. The molecular weight excluding hydrogens is 120 g/mol. The number of carbonyl (C=O) groups excluding carboxylic acids is 1. The Morgan fingerprint density at radius 3 is 1.57 bits per heavy atom. The number of rotatable bonds is 0. The fraction of sp³-hybridized carbons (Fsp3) is 0.500. The minimum absolute atomic E-state index is 0.750. The minimum atomic E-state index is -2.61. The van der Waals surface area contributed by atoms with Gasteiger partial charge in [-0.25, -0.2) is 0 Å². The van der Waals surface area contributed by atoms with Crippen molar-refractivity contribution in [1.29, 1.82) is 0 Å². The van der Waals surface area contributed by atoms with Gasteiger partial charge in [0.15, 0.2) is 0 Å². The van der Waals surface area contributed by atoms with Crippen molar-refractivity contribution < 1.29 is 18.1 Å². The van der Waals surface area contributed by atoms with Crippen molar-refractivity contribution in [2.45, 2.75) is 6.92 Å². The summed E-state index contributed by atoms with van der Waals surface area (Å²) >= 11 is -2.61. The van der Waals surface area contributed by atoms with Crippen molar-refractivity contribution >= 4 is 17.6 Å². The van der Waals surface area contributed by atoms with Gasteiger partial charge in [0.05, 0.1) is 0 Å². The molecule has 0 radical (unpaired) electrons. The molecule has 5 heteroatoms. The average Bonchev–Trinajstić information content (AvgIpc) is 1.33. The second-order valence-corrected chi connectivity index (χ2v) is 0.928. The monoisotopic (exact) mass is 126 g/mol. The fourth-order valence-electron chi connectivity index (χ4n) is 0. The van der Waals surface area contributed by atoms with Crippen molar-refractivity contribution in [1.82, 2.24) is 0 Å². The van der Waals surface area contributed by atoms with Gasteiger partial charge in [0.25, 0.3) is 11.4 Å². The predicted octanol–water partition coefficient (Wildman–Crippen LogP) is -0.114. The summed E-state index contributed by atoms with van der Waals surface area (Å²) in [5.41, 5.74) is 0. The summed E-state index contributed by atoms with van der Waals surface area (Å²) in [5.74, 6) is 0. The third-order valence-electron chi connectivity index (χ3n) is 0. The zero-order valence-corrected chi connectivity index (χ0v) is 4.51. The molecule has 0 aliphatic carbocycles. The zero-order chi connectivity index (χ0) is 6.28. The summed E-state index contributed by atoms with van der Waals surface area (Å²) in [6, 6.07) is 0. The van der Waals surface area contributed by atoms with Gasteiger partial charge < -0.3 is 4.79 Å². The van der Waals surface area contributed by atoms with Crippen LogP contribution in [0.2, 0.25) is 0 Å². The van der Waals surface area contributed by atoms with Gasteiger partial charge in [0, 0.05) is 0 Å². The van der Waals surface area contributed by atoms with Crippen LogP contribution in [0.4, 0.5) is 0 Å². The molecule has 0 aromatic carbocycles. The summed E-state index contributed by atoms with van der Waals surface area (Å²) in [6.07, 6.45) is 0.750. The minimum Gasteiger partial charge on any atom is -0.304 e. The molecule has 0 aromatic heterocycles. The van der Waals surface area contributed by atoms with Crippen LogP contribution in [0.3, 0.4) is 0 Å². The largest absolute Gasteiger partial charge is 0.304 e. The third kappa shape index (κ3) is 1190. The Hall–Kier alpha value is -0.260. The van der Waals surface area contributed by atoms with Crippen molar-refractivity contribution in [3.8, 4) is 0 Å². The molecule has 44 valence electrons. The van der Waals surface area contributed by atoms with Gasteiger partial charge in [-0.1, -0.05) is 0 Å². The van der Waals surface area contributed by atoms with Crippen LogP contribution in [0.25, 0.3) is 0 Å². The van der Waals surface area contributed by atoms with E-state index in [-0.39, 0.29) is 0 Å². The molecule has 0 aliphatic heterocycles. The van der Waals surface area contributed by atoms with Gasteiger partial charge in [0.2, 0.25) is 0 Å². The highest BCUT2D eigenvalue weighted by Crippen LogP contribution is 1.44. The number of aldehydes is 1. The molecule has 0 unspecified atom stereocenters. The Balaban J connectivity index is 0. The highest BCUT2D eigenvalue weighted by molar-refractivity contribution is 7.73. The molecule has 0 atom stereocenters. The lowest BCUT2D eigenvalue weighted by molar-refractivity contribution is -0.106. The van der Waals surface area contributed by atoms with Crippen molar-refractivity contribution in [3.05, 3.63) is 0 Å². The Labute approximate surface area is 43.7 Å². The van der Waals surface area contributed by atoms with Crippen LogP contribution < -0.4 is 0 Å². The van der Waals surface area contributed by atoms with Gasteiger partial charge in [0.1, 0.15) is 6.29 Å². The molecule has 0 fully saturated rings. The van der Waals surface area contributed by atoms with Crippen LogP contribution in [0.1, 0.15) is 6.92 Å². The maximum Gasteiger partial charge on any atom is 0.299 e. The van der Waals surface area contributed by atoms with E-state index in [1.807, 2.05) is 0 Å². The van der Waals surface area contributed by atoms with E-state index >= 15 is 0 Å². The van der Waals surface area contributed by atoms with E-state index in [4.69, 9.17) is 18.1 Å². The topological polar surface area (TPSA) is 74.6 Å². The molecule has 4 nitrogen and oxygen atoms in total. The lowest BCUT2D eigenvalue weighted by Gasteiger charge is -1.59. The second-order valence-electron chi connectivity index (χ2n) is 0.466. The van der Waals surface area contributed by atoms with Gasteiger partial charge in [-0.15, -0.1) is 0 Å². The van der Waals surface area contributed by atoms with Crippen LogP contribution in [-0.4, -0.2) is 19.6 Å². The van der Waals surface area contributed by atoms with Crippen LogP contribution in [-0.2, 0) is 16.2 Å². The quantitative estimate of drug-likeness (QED) is 0.350. The zero-order valence-electron chi connectivity index (χ0n) is 3.70. The first-order valence-corrected chi connectivity index (χ1v) is 2.41. The first kappa shape index (κ1) is 9.88. The summed E-state index contributed by atoms with van der Waals surface area (Å²) in [7, 11) is 0. The number of hydrogen-bond donors (Lipinski definition) is 2. The fourth-order valence-corrected chi connectivity index (χ4v) is 0. The Kier molecular flexibility index (Phi) is 13.0. The maximum absolute atomic E-state index is 8.81. The van der Waals surface area contributed by atoms with Crippen molar-refractivity contribution in [2.75, 3.05) is 0 Å². The summed E-state index contributed by atoms with van der Waals surface area (Å²) < 4.78 is 22.8. The molecule has 0 heterocycles. The molecular formula is C2H6O4S. The van der Waals surface area contributed by atoms with E-state index in [1.54, 1.807) is 0 Å². The van der Waals surface area contributed by atoms with E-state index in [9.17, 15) is 0 Å². The van der Waals surface area contributed by atoms with Crippen LogP contribution in [0.15, 0.2) is 0 Å². The summed E-state index contributed by atoms with van der Waals surface area (Å²) in [4.78, 5) is 8.81. The molecule has 0 spiro atoms. The van der Waals surface area contributed by atoms with Crippen LogP contribution >= 0.6 is 0 Å². The normalized spacial score (nSPS) is 6.86. The maximum atomic E-state index is 8.81. The molecule has 0 amide bonds. The van der Waals surface area contributed by atoms with E-state index in [0.717, 1.165) is 6.29 Å². The second kappa shape index (κ2) is 9.22. The summed E-state index contributed by atoms with van der Waals surface area (Å²) in [6.45, 7) is 1.44. The Bertz CT molecular complexity index is 56.7. The van der Waals surface area contributed by atoms with Crippen molar-refractivity contribution in [2.24, 2.45) is 0 Å². The lowest BCUT2D eigenvalue weighted by atomic mass is 11.0. The van der Waals surface area contributed by atoms with Crippen LogP contribution in [0, 0.1) is 0 Å². The Morgan fingerprint density at radius 2 is 1.57 bits per heavy atom. The van der Waals surface area contributed by atoms with E-state index in [0.29, 0.717) is 0 Å². The highest BCUT2D eigenvalue weighted by atomic mass is 32.2. The van der Waals surface area contributed by atoms with E-state index in [2.05, 4.69) is 0 Å². The standard InChI is InChI=1S/C2H4O.H2O3S/c1-2-3;1-4(2)3/h2H,1H3;(H2,1,2,3). The van der Waals surface area contributed by atoms with Crippen LogP contribution in [0.5, 0.6) is 0 Å².